The van der Waals surface area contributed by atoms with E-state index in [4.69, 9.17) is 13.7 Å². The maximum atomic E-state index is 8.95. The molecule has 0 radical (unpaired) electrons. The van der Waals surface area contributed by atoms with Crippen LogP contribution in [0.2, 0.25) is 0 Å². The lowest BCUT2D eigenvalue weighted by Gasteiger charge is -2.34. The van der Waals surface area contributed by atoms with Gasteiger partial charge in [0.05, 0.1) is 30.2 Å². The minimum atomic E-state index is -0.711. The lowest BCUT2D eigenvalue weighted by atomic mass is 9.67. The first-order valence-corrected chi connectivity index (χ1v) is 16.5. The van der Waals surface area contributed by atoms with Gasteiger partial charge in [0.2, 0.25) is 0 Å². The van der Waals surface area contributed by atoms with E-state index in [1.54, 1.807) is 18.2 Å². The van der Waals surface area contributed by atoms with Gasteiger partial charge in [0.25, 0.3) is 0 Å². The molecule has 0 saturated heterocycles. The van der Waals surface area contributed by atoms with Crippen LogP contribution >= 0.6 is 0 Å². The highest BCUT2D eigenvalue weighted by atomic mass is 15.0. The molecule has 0 spiro atoms. The molecule has 0 atom stereocenters. The second kappa shape index (κ2) is 11.3. The first-order chi connectivity index (χ1) is 28.9. The van der Waals surface area contributed by atoms with E-state index in [-0.39, 0.29) is 22.3 Å². The molecule has 0 N–H and O–H groups in total. The van der Waals surface area contributed by atoms with Crippen molar-refractivity contribution in [3.63, 3.8) is 0 Å². The summed E-state index contributed by atoms with van der Waals surface area (Å²) in [6, 6.07) is 42.1. The molecule has 1 nitrogen and oxygen atoms in total. The highest BCUT2D eigenvalue weighted by Crippen LogP contribution is 2.57. The first kappa shape index (κ1) is 20.2. The zero-order chi connectivity index (χ0) is 41.8. The molecule has 234 valence electrons. The van der Waals surface area contributed by atoms with Crippen LogP contribution in [0.25, 0.3) is 60.9 Å². The van der Waals surface area contributed by atoms with Crippen molar-refractivity contribution in [2.45, 2.75) is 5.41 Å². The van der Waals surface area contributed by atoms with Crippen molar-refractivity contribution in [1.82, 2.24) is 4.57 Å². The van der Waals surface area contributed by atoms with Crippen LogP contribution in [-0.4, -0.2) is 4.57 Å². The van der Waals surface area contributed by atoms with Gasteiger partial charge in [0, 0.05) is 16.5 Å². The van der Waals surface area contributed by atoms with E-state index in [0.29, 0.717) is 5.69 Å². The number of para-hydroxylation sites is 1. The highest BCUT2D eigenvalue weighted by molar-refractivity contribution is 6.12. The molecule has 0 aliphatic heterocycles. The summed E-state index contributed by atoms with van der Waals surface area (Å²) in [6.07, 6.45) is 0. The molecule has 1 aliphatic rings. The summed E-state index contributed by atoms with van der Waals surface area (Å²) in [5.74, 6) is 0. The van der Waals surface area contributed by atoms with E-state index in [2.05, 4.69) is 95.6 Å². The predicted octanol–water partition coefficient (Wildman–Crippen LogP) is 12.5. The Morgan fingerprint density at radius 1 is 0.400 bits per heavy atom. The SMILES string of the molecule is [2H]c1c([2H])c([2H])c(-c2cc(-c3c([2H])c([2H])c([2H])c([2H])c3[2H])cc(-n3c4ccccc4c4cc5c(cc43)C(c3ccccc3)(c3ccccc3)c3ccccc3-5)c2)c([2H])c1[2H]. The second-order valence-electron chi connectivity index (χ2n) is 12.6. The summed E-state index contributed by atoms with van der Waals surface area (Å²) < 4.78 is 88.5. The van der Waals surface area contributed by atoms with Crippen LogP contribution in [0.3, 0.4) is 0 Å². The Labute approximate surface area is 306 Å². The van der Waals surface area contributed by atoms with E-state index in [1.807, 2.05) is 30.3 Å². The molecule has 0 bridgehead atoms. The molecule has 10 rings (SSSR count). The standard InChI is InChI=1S/C49H33N/c1-5-17-34(18-6-1)36-29-37(35-19-7-2-8-20-35)31-40(30-36)50-47-28-16-14-26-42(47)44-32-43-41-25-13-15-27-45(41)49(46(43)33-48(44)50,38-21-9-3-10-22-38)39-23-11-4-12-24-39/h1-33H/i1D,2D,5D,6D,7D,8D,17D,18D,19D,20D. The Bertz CT molecular complexity index is 3080. The fourth-order valence-corrected chi connectivity index (χ4v) is 8.00. The zero-order valence-corrected chi connectivity index (χ0v) is 26.7. The van der Waals surface area contributed by atoms with E-state index < -0.39 is 65.8 Å². The van der Waals surface area contributed by atoms with Gasteiger partial charge < -0.3 is 4.57 Å². The molecule has 8 aromatic carbocycles. The van der Waals surface area contributed by atoms with Crippen molar-refractivity contribution < 1.29 is 13.7 Å². The van der Waals surface area contributed by atoms with Crippen molar-refractivity contribution in [3.8, 4) is 39.1 Å². The Balaban J connectivity index is 1.36. The number of nitrogens with zero attached hydrogens (tertiary/aromatic N) is 1. The van der Waals surface area contributed by atoms with Gasteiger partial charge in [-0.1, -0.05) is 164 Å². The van der Waals surface area contributed by atoms with Crippen molar-refractivity contribution in [2.75, 3.05) is 0 Å². The van der Waals surface area contributed by atoms with Crippen molar-refractivity contribution in [3.05, 3.63) is 222 Å². The summed E-state index contributed by atoms with van der Waals surface area (Å²) in [7, 11) is 0. The number of rotatable bonds is 5. The lowest BCUT2D eigenvalue weighted by molar-refractivity contribution is 0.769. The average Bonchev–Trinajstić information content (AvgIpc) is 3.76. The van der Waals surface area contributed by atoms with Crippen LogP contribution in [0.15, 0.2) is 200 Å². The zero-order valence-electron chi connectivity index (χ0n) is 36.7. The molecular weight excluding hydrogens is 603 g/mol. The molecule has 9 aromatic rings. The molecule has 0 amide bonds. The van der Waals surface area contributed by atoms with Gasteiger partial charge in [-0.05, 0) is 92.0 Å². The van der Waals surface area contributed by atoms with E-state index in [1.165, 1.54) is 0 Å². The van der Waals surface area contributed by atoms with Gasteiger partial charge in [-0.25, -0.2) is 0 Å². The third kappa shape index (κ3) is 4.20. The summed E-state index contributed by atoms with van der Waals surface area (Å²) in [6.45, 7) is 0. The van der Waals surface area contributed by atoms with Gasteiger partial charge >= 0.3 is 0 Å². The Hall–Kier alpha value is -6.44. The number of fused-ring (bicyclic) bond motifs is 6. The number of hydrogen-bond donors (Lipinski definition) is 0. The molecule has 1 heteroatoms. The summed E-state index contributed by atoms with van der Waals surface area (Å²) in [5.41, 5.74) is 8.36. The van der Waals surface area contributed by atoms with Crippen molar-refractivity contribution >= 4 is 21.8 Å². The Morgan fingerprint density at radius 3 is 1.60 bits per heavy atom. The maximum absolute atomic E-state index is 8.95. The second-order valence-corrected chi connectivity index (χ2v) is 12.6. The van der Waals surface area contributed by atoms with E-state index in [0.717, 1.165) is 55.2 Å². The van der Waals surface area contributed by atoms with Gasteiger partial charge in [-0.2, -0.15) is 0 Å². The first-order valence-electron chi connectivity index (χ1n) is 21.5. The van der Waals surface area contributed by atoms with Gasteiger partial charge in [-0.15, -0.1) is 0 Å². The molecule has 50 heavy (non-hydrogen) atoms. The fourth-order valence-electron chi connectivity index (χ4n) is 8.00. The molecular formula is C49H33N. The van der Waals surface area contributed by atoms with Crippen molar-refractivity contribution in [1.29, 1.82) is 0 Å². The summed E-state index contributed by atoms with van der Waals surface area (Å²) in [4.78, 5) is 0. The molecule has 1 aliphatic carbocycles. The van der Waals surface area contributed by atoms with Crippen LogP contribution in [-0.2, 0) is 5.41 Å². The number of hydrogen-bond acceptors (Lipinski definition) is 0. The minimum Gasteiger partial charge on any atom is -0.309 e. The summed E-state index contributed by atoms with van der Waals surface area (Å²) >= 11 is 0. The average molecular weight is 646 g/mol. The molecule has 1 heterocycles. The van der Waals surface area contributed by atoms with Crippen LogP contribution in [0, 0.1) is 0 Å². The number of benzene rings is 8. The van der Waals surface area contributed by atoms with Crippen LogP contribution in [0.4, 0.5) is 0 Å². The van der Waals surface area contributed by atoms with Crippen LogP contribution in [0.5, 0.6) is 0 Å². The fraction of sp³-hybridized carbons (Fsp3) is 0.0204. The van der Waals surface area contributed by atoms with Gasteiger partial charge in [0.15, 0.2) is 0 Å². The monoisotopic (exact) mass is 645 g/mol. The van der Waals surface area contributed by atoms with Crippen LogP contribution < -0.4 is 0 Å². The molecule has 0 fully saturated rings. The Morgan fingerprint density at radius 2 is 0.960 bits per heavy atom. The smallest absolute Gasteiger partial charge is 0.0714 e. The highest BCUT2D eigenvalue weighted by Gasteiger charge is 2.46. The molecule has 0 saturated carbocycles. The third-order valence-electron chi connectivity index (χ3n) is 10.0. The normalized spacial score (nSPS) is 15.8. The predicted molar refractivity (Wildman–Crippen MR) is 209 cm³/mol. The van der Waals surface area contributed by atoms with Gasteiger partial charge in [0.1, 0.15) is 0 Å². The minimum absolute atomic E-state index is 0.0688. The quantitative estimate of drug-likeness (QED) is 0.176. The number of aromatic nitrogens is 1. The third-order valence-corrected chi connectivity index (χ3v) is 10.0. The summed E-state index contributed by atoms with van der Waals surface area (Å²) in [5, 5.41) is 1.90. The van der Waals surface area contributed by atoms with E-state index in [9.17, 15) is 0 Å². The molecule has 0 unspecified atom stereocenters. The largest absolute Gasteiger partial charge is 0.309 e. The lowest BCUT2D eigenvalue weighted by Crippen LogP contribution is -2.28. The van der Waals surface area contributed by atoms with Gasteiger partial charge in [-0.3, -0.25) is 0 Å². The van der Waals surface area contributed by atoms with Crippen LogP contribution in [0.1, 0.15) is 36.0 Å². The maximum Gasteiger partial charge on any atom is 0.0714 e. The Kier molecular flexibility index (Phi) is 4.57. The van der Waals surface area contributed by atoms with E-state index >= 15 is 0 Å². The molecule has 1 aromatic heterocycles. The van der Waals surface area contributed by atoms with Crippen molar-refractivity contribution in [2.24, 2.45) is 0 Å². The topological polar surface area (TPSA) is 4.93 Å².